The number of aromatic nitrogens is 1. The van der Waals surface area contributed by atoms with Crippen LogP contribution in [0.15, 0.2) is 72.9 Å². The third-order valence-corrected chi connectivity index (χ3v) is 4.18. The lowest BCUT2D eigenvalue weighted by molar-refractivity contribution is 0.734. The van der Waals surface area contributed by atoms with Gasteiger partial charge in [-0.25, -0.2) is 0 Å². The van der Waals surface area contributed by atoms with Crippen LogP contribution in [0.5, 0.6) is 0 Å². The predicted molar refractivity (Wildman–Crippen MR) is 97.5 cm³/mol. The van der Waals surface area contributed by atoms with Crippen molar-refractivity contribution >= 4 is 0 Å². The average molecular weight is 301 g/mol. The summed E-state index contributed by atoms with van der Waals surface area (Å²) < 4.78 is 0. The van der Waals surface area contributed by atoms with Crippen molar-refractivity contribution in [2.45, 2.75) is 32.6 Å². The van der Waals surface area contributed by atoms with E-state index in [-0.39, 0.29) is 0 Å². The van der Waals surface area contributed by atoms with Crippen molar-refractivity contribution in [3.63, 3.8) is 0 Å². The summed E-state index contributed by atoms with van der Waals surface area (Å²) in [6.07, 6.45) is 6.64. The van der Waals surface area contributed by atoms with Gasteiger partial charge >= 0.3 is 0 Å². The maximum absolute atomic E-state index is 4.39. The number of benzene rings is 2. The van der Waals surface area contributed by atoms with Gasteiger partial charge in [0.15, 0.2) is 0 Å². The summed E-state index contributed by atoms with van der Waals surface area (Å²) in [7, 11) is 0. The highest BCUT2D eigenvalue weighted by Gasteiger charge is 1.99. The fourth-order valence-corrected chi connectivity index (χ4v) is 2.90. The molecule has 0 radical (unpaired) electrons. The van der Waals surface area contributed by atoms with Crippen LogP contribution in [0.1, 0.15) is 29.5 Å². The minimum absolute atomic E-state index is 1.04. The normalized spacial score (nSPS) is 10.7. The minimum Gasteiger partial charge on any atom is -0.256 e. The molecule has 0 saturated carbocycles. The molecular formula is C22H23N. The van der Waals surface area contributed by atoms with E-state index in [9.17, 15) is 0 Å². The molecule has 3 aromatic rings. The second kappa shape index (κ2) is 7.73. The molecule has 2 aromatic carbocycles. The van der Waals surface area contributed by atoms with E-state index in [1.54, 1.807) is 0 Å². The molecule has 0 aliphatic heterocycles. The van der Waals surface area contributed by atoms with Gasteiger partial charge in [-0.15, -0.1) is 0 Å². The molecule has 23 heavy (non-hydrogen) atoms. The van der Waals surface area contributed by atoms with E-state index in [4.69, 9.17) is 0 Å². The molecule has 1 heterocycles. The molecule has 1 aromatic heterocycles. The Morgan fingerprint density at radius 1 is 0.739 bits per heavy atom. The van der Waals surface area contributed by atoms with Crippen molar-refractivity contribution in [3.05, 3.63) is 89.6 Å². The predicted octanol–water partition coefficient (Wildman–Crippen LogP) is 5.62. The Morgan fingerprint density at radius 3 is 2.22 bits per heavy atom. The van der Waals surface area contributed by atoms with E-state index in [0.717, 1.165) is 12.1 Å². The lowest BCUT2D eigenvalue weighted by Crippen LogP contribution is -1.90. The zero-order chi connectivity index (χ0) is 15.9. The Balaban J connectivity index is 1.49. The second-order valence-electron chi connectivity index (χ2n) is 6.11. The van der Waals surface area contributed by atoms with Crippen LogP contribution >= 0.6 is 0 Å². The first-order valence-electron chi connectivity index (χ1n) is 8.37. The fourth-order valence-electron chi connectivity index (χ4n) is 2.90. The Kier molecular flexibility index (Phi) is 5.21. The van der Waals surface area contributed by atoms with Gasteiger partial charge in [0, 0.05) is 11.8 Å². The van der Waals surface area contributed by atoms with Gasteiger partial charge in [0.05, 0.1) is 5.69 Å². The maximum Gasteiger partial charge on any atom is 0.0701 e. The van der Waals surface area contributed by atoms with Crippen LogP contribution in [0, 0.1) is 6.92 Å². The number of unbranched alkanes of at least 4 members (excludes halogenated alkanes) is 1. The SMILES string of the molecule is Cc1cccc(CCCCc2ccc(-c3ccccn3)cc2)c1. The first-order valence-corrected chi connectivity index (χ1v) is 8.37. The monoisotopic (exact) mass is 301 g/mol. The van der Waals surface area contributed by atoms with Crippen LogP contribution in [0.2, 0.25) is 0 Å². The van der Waals surface area contributed by atoms with Crippen LogP contribution in [0.3, 0.4) is 0 Å². The molecule has 0 aliphatic carbocycles. The lowest BCUT2D eigenvalue weighted by Gasteiger charge is -2.05. The van der Waals surface area contributed by atoms with Crippen LogP contribution in [-0.4, -0.2) is 4.98 Å². The van der Waals surface area contributed by atoms with E-state index < -0.39 is 0 Å². The summed E-state index contributed by atoms with van der Waals surface area (Å²) in [6, 6.07) is 23.7. The number of nitrogens with zero attached hydrogens (tertiary/aromatic N) is 1. The average Bonchev–Trinajstić information content (AvgIpc) is 2.60. The van der Waals surface area contributed by atoms with E-state index in [0.29, 0.717) is 0 Å². The molecule has 0 spiro atoms. The Morgan fingerprint density at radius 2 is 1.52 bits per heavy atom. The number of aryl methyl sites for hydroxylation is 3. The summed E-state index contributed by atoms with van der Waals surface area (Å²) >= 11 is 0. The molecule has 0 saturated heterocycles. The zero-order valence-electron chi connectivity index (χ0n) is 13.7. The van der Waals surface area contributed by atoms with Crippen molar-refractivity contribution in [3.8, 4) is 11.3 Å². The third-order valence-electron chi connectivity index (χ3n) is 4.18. The fraction of sp³-hybridized carbons (Fsp3) is 0.227. The minimum atomic E-state index is 1.04. The van der Waals surface area contributed by atoms with Gasteiger partial charge in [-0.2, -0.15) is 0 Å². The molecule has 1 nitrogen and oxygen atoms in total. The van der Waals surface area contributed by atoms with Gasteiger partial charge in [-0.05, 0) is 55.9 Å². The quantitative estimate of drug-likeness (QED) is 0.538. The summed E-state index contributed by atoms with van der Waals surface area (Å²) in [6.45, 7) is 2.16. The molecule has 3 rings (SSSR count). The summed E-state index contributed by atoms with van der Waals surface area (Å²) in [5.74, 6) is 0. The van der Waals surface area contributed by atoms with Gasteiger partial charge in [-0.3, -0.25) is 4.98 Å². The van der Waals surface area contributed by atoms with Crippen molar-refractivity contribution in [1.82, 2.24) is 4.98 Å². The highest BCUT2D eigenvalue weighted by Crippen LogP contribution is 2.18. The van der Waals surface area contributed by atoms with Gasteiger partial charge in [0.2, 0.25) is 0 Å². The largest absolute Gasteiger partial charge is 0.256 e. The van der Waals surface area contributed by atoms with Crippen LogP contribution in [0.25, 0.3) is 11.3 Å². The number of pyridine rings is 1. The van der Waals surface area contributed by atoms with E-state index in [1.807, 2.05) is 18.3 Å². The van der Waals surface area contributed by atoms with Crippen LogP contribution in [-0.2, 0) is 12.8 Å². The topological polar surface area (TPSA) is 12.9 Å². The Labute approximate surface area is 139 Å². The third kappa shape index (κ3) is 4.53. The van der Waals surface area contributed by atoms with Crippen molar-refractivity contribution in [1.29, 1.82) is 0 Å². The van der Waals surface area contributed by atoms with Crippen molar-refractivity contribution in [2.75, 3.05) is 0 Å². The molecule has 0 N–H and O–H groups in total. The van der Waals surface area contributed by atoms with Crippen molar-refractivity contribution < 1.29 is 0 Å². The lowest BCUT2D eigenvalue weighted by atomic mass is 10.0. The number of rotatable bonds is 6. The standard InChI is InChI=1S/C22H23N/c1-18-7-6-10-20(17-18)9-3-2-8-19-12-14-21(15-13-19)22-11-4-5-16-23-22/h4-7,10-17H,2-3,8-9H2,1H3. The smallest absolute Gasteiger partial charge is 0.0701 e. The van der Waals surface area contributed by atoms with Gasteiger partial charge < -0.3 is 0 Å². The molecule has 1 heteroatoms. The summed E-state index contributed by atoms with van der Waals surface area (Å²) in [5, 5.41) is 0. The number of hydrogen-bond acceptors (Lipinski definition) is 1. The van der Waals surface area contributed by atoms with Gasteiger partial charge in [-0.1, -0.05) is 60.2 Å². The highest BCUT2D eigenvalue weighted by molar-refractivity contribution is 5.58. The number of hydrogen-bond donors (Lipinski definition) is 0. The second-order valence-corrected chi connectivity index (χ2v) is 6.11. The van der Waals surface area contributed by atoms with E-state index >= 15 is 0 Å². The molecule has 0 bridgehead atoms. The van der Waals surface area contributed by atoms with Gasteiger partial charge in [0.25, 0.3) is 0 Å². The molecule has 0 aliphatic rings. The molecule has 0 atom stereocenters. The van der Waals surface area contributed by atoms with Crippen LogP contribution < -0.4 is 0 Å². The zero-order valence-corrected chi connectivity index (χ0v) is 13.7. The highest BCUT2D eigenvalue weighted by atomic mass is 14.7. The first-order chi connectivity index (χ1) is 11.3. The molecule has 0 amide bonds. The Bertz CT molecular complexity index is 729. The van der Waals surface area contributed by atoms with Crippen molar-refractivity contribution in [2.24, 2.45) is 0 Å². The summed E-state index contributed by atoms with van der Waals surface area (Å²) in [4.78, 5) is 4.39. The molecule has 0 fully saturated rings. The molecule has 116 valence electrons. The van der Waals surface area contributed by atoms with Gasteiger partial charge in [0.1, 0.15) is 0 Å². The van der Waals surface area contributed by atoms with E-state index in [2.05, 4.69) is 66.5 Å². The van der Waals surface area contributed by atoms with E-state index in [1.165, 1.54) is 41.5 Å². The first kappa shape index (κ1) is 15.5. The molecule has 0 unspecified atom stereocenters. The maximum atomic E-state index is 4.39. The summed E-state index contributed by atoms with van der Waals surface area (Å²) in [5.41, 5.74) is 6.45. The van der Waals surface area contributed by atoms with Crippen LogP contribution in [0.4, 0.5) is 0 Å². The molecular weight excluding hydrogens is 278 g/mol. The Hall–Kier alpha value is -2.41.